The molecular weight excluding hydrogens is 164 g/mol. The highest BCUT2D eigenvalue weighted by Gasteiger charge is 1.91. The van der Waals surface area contributed by atoms with Gasteiger partial charge in [-0.15, -0.1) is 0 Å². The lowest BCUT2D eigenvalue weighted by molar-refractivity contribution is 0.494. The molecule has 0 aliphatic carbocycles. The van der Waals surface area contributed by atoms with Gasteiger partial charge in [-0.1, -0.05) is 25.2 Å². The first kappa shape index (κ1) is 10.4. The molecule has 0 fully saturated rings. The van der Waals surface area contributed by atoms with Crippen LogP contribution in [0, 0.1) is 0 Å². The molecule has 0 radical (unpaired) electrons. The summed E-state index contributed by atoms with van der Waals surface area (Å²) in [7, 11) is -3.93. The highest BCUT2D eigenvalue weighted by atomic mass is 32.2. The molecule has 3 nitrogen and oxygen atoms in total. The largest absolute Gasteiger partial charge is 0.287 e. The predicted molar refractivity (Wildman–Crippen MR) is 44.7 cm³/mol. The van der Waals surface area contributed by atoms with Crippen LogP contribution in [0.1, 0.15) is 19.8 Å². The number of allylic oxidation sites excluding steroid dienone is 3. The van der Waals surface area contributed by atoms with Gasteiger partial charge in [0.05, 0.1) is 5.41 Å². The molecule has 0 aromatic heterocycles. The van der Waals surface area contributed by atoms with Crippen LogP contribution in [-0.2, 0) is 10.1 Å². The van der Waals surface area contributed by atoms with Gasteiger partial charge in [-0.3, -0.25) is 4.55 Å². The minimum Gasteiger partial charge on any atom is -0.282 e. The molecule has 64 valence electrons. The van der Waals surface area contributed by atoms with Crippen LogP contribution in [0.5, 0.6) is 0 Å². The summed E-state index contributed by atoms with van der Waals surface area (Å²) < 4.78 is 28.5. The molecular formula is C7H12O3S. The second-order valence-corrected chi connectivity index (χ2v) is 3.30. The van der Waals surface area contributed by atoms with E-state index in [4.69, 9.17) is 4.55 Å². The van der Waals surface area contributed by atoms with Crippen molar-refractivity contribution in [3.63, 3.8) is 0 Å². The van der Waals surface area contributed by atoms with E-state index >= 15 is 0 Å². The molecule has 0 spiro atoms. The van der Waals surface area contributed by atoms with Crippen molar-refractivity contribution < 1.29 is 13.0 Å². The van der Waals surface area contributed by atoms with Crippen molar-refractivity contribution in [1.29, 1.82) is 0 Å². The fraction of sp³-hybridized carbons (Fsp3) is 0.429. The van der Waals surface area contributed by atoms with Crippen molar-refractivity contribution in [3.05, 3.63) is 23.6 Å². The van der Waals surface area contributed by atoms with Crippen LogP contribution in [-0.4, -0.2) is 13.0 Å². The van der Waals surface area contributed by atoms with Crippen molar-refractivity contribution in [2.24, 2.45) is 0 Å². The third-order valence-corrected chi connectivity index (χ3v) is 1.48. The summed E-state index contributed by atoms with van der Waals surface area (Å²) in [4.78, 5) is 0. The third kappa shape index (κ3) is 9.39. The first-order chi connectivity index (χ1) is 5.06. The van der Waals surface area contributed by atoms with E-state index in [1.54, 1.807) is 0 Å². The van der Waals surface area contributed by atoms with Crippen LogP contribution in [0.25, 0.3) is 0 Å². The minimum absolute atomic E-state index is 0.535. The molecule has 11 heavy (non-hydrogen) atoms. The van der Waals surface area contributed by atoms with Gasteiger partial charge in [0, 0.05) is 0 Å². The summed E-state index contributed by atoms with van der Waals surface area (Å²) in [6.07, 6.45) is 6.62. The molecule has 0 heterocycles. The molecule has 0 atom stereocenters. The molecule has 0 aromatic carbocycles. The van der Waals surface area contributed by atoms with Crippen LogP contribution in [0.4, 0.5) is 0 Å². The van der Waals surface area contributed by atoms with E-state index in [0.717, 1.165) is 11.8 Å². The Labute approximate surface area is 67.2 Å². The number of hydrogen-bond acceptors (Lipinski definition) is 2. The zero-order chi connectivity index (χ0) is 8.74. The van der Waals surface area contributed by atoms with E-state index in [9.17, 15) is 8.42 Å². The van der Waals surface area contributed by atoms with Crippen LogP contribution >= 0.6 is 0 Å². The van der Waals surface area contributed by atoms with Gasteiger partial charge in [0.25, 0.3) is 10.1 Å². The molecule has 0 rings (SSSR count). The summed E-state index contributed by atoms with van der Waals surface area (Å²) in [5.74, 6) is 0. The molecule has 4 heteroatoms. The van der Waals surface area contributed by atoms with Crippen LogP contribution in [0.15, 0.2) is 23.6 Å². The van der Waals surface area contributed by atoms with Crippen LogP contribution in [0.3, 0.4) is 0 Å². The molecule has 0 bridgehead atoms. The smallest absolute Gasteiger partial charge is 0.282 e. The van der Waals surface area contributed by atoms with E-state index in [-0.39, 0.29) is 0 Å². The van der Waals surface area contributed by atoms with Crippen LogP contribution < -0.4 is 0 Å². The summed E-state index contributed by atoms with van der Waals surface area (Å²) >= 11 is 0. The summed E-state index contributed by atoms with van der Waals surface area (Å²) in [5.41, 5.74) is 0. The van der Waals surface area contributed by atoms with Crippen molar-refractivity contribution >= 4 is 10.1 Å². The second kappa shape index (κ2) is 5.09. The lowest BCUT2D eigenvalue weighted by Crippen LogP contribution is -1.88. The van der Waals surface area contributed by atoms with Crippen molar-refractivity contribution in [1.82, 2.24) is 0 Å². The Hall–Kier alpha value is -0.610. The topological polar surface area (TPSA) is 54.4 Å². The highest BCUT2D eigenvalue weighted by molar-refractivity contribution is 7.88. The van der Waals surface area contributed by atoms with E-state index in [2.05, 4.69) is 0 Å². The maximum Gasteiger partial charge on any atom is 0.287 e. The predicted octanol–water partition coefficient (Wildman–Crippen LogP) is 1.74. The van der Waals surface area contributed by atoms with Gasteiger partial charge < -0.3 is 0 Å². The van der Waals surface area contributed by atoms with Crippen molar-refractivity contribution in [3.8, 4) is 0 Å². The van der Waals surface area contributed by atoms with Gasteiger partial charge in [-0.05, 0) is 12.8 Å². The molecule has 1 N–H and O–H groups in total. The van der Waals surface area contributed by atoms with E-state index < -0.39 is 10.1 Å². The zero-order valence-electron chi connectivity index (χ0n) is 6.40. The number of hydrogen-bond donors (Lipinski definition) is 1. The molecule has 0 saturated carbocycles. The minimum atomic E-state index is -3.93. The van der Waals surface area contributed by atoms with E-state index in [1.807, 2.05) is 19.1 Å². The fourth-order valence-electron chi connectivity index (χ4n) is 0.519. The Balaban J connectivity index is 3.71. The normalized spacial score (nSPS) is 13.3. The van der Waals surface area contributed by atoms with Crippen LogP contribution in [0.2, 0.25) is 0 Å². The van der Waals surface area contributed by atoms with Gasteiger partial charge >= 0.3 is 0 Å². The van der Waals surface area contributed by atoms with Gasteiger partial charge in [-0.25, -0.2) is 0 Å². The van der Waals surface area contributed by atoms with E-state index in [1.165, 1.54) is 6.08 Å². The van der Waals surface area contributed by atoms with Gasteiger partial charge in [0.1, 0.15) is 0 Å². The van der Waals surface area contributed by atoms with Crippen molar-refractivity contribution in [2.75, 3.05) is 0 Å². The Morgan fingerprint density at radius 2 is 1.91 bits per heavy atom. The average Bonchev–Trinajstić information content (AvgIpc) is 1.85. The first-order valence-electron chi connectivity index (χ1n) is 3.35. The quantitative estimate of drug-likeness (QED) is 0.524. The molecule has 0 unspecified atom stereocenters. The number of rotatable bonds is 4. The lowest BCUT2D eigenvalue weighted by atomic mass is 10.3. The molecule has 0 aliphatic heterocycles. The Kier molecular flexibility index (Phi) is 4.81. The Morgan fingerprint density at radius 1 is 1.27 bits per heavy atom. The van der Waals surface area contributed by atoms with Gasteiger partial charge in [0.15, 0.2) is 0 Å². The molecule has 0 amide bonds. The van der Waals surface area contributed by atoms with Crippen molar-refractivity contribution in [2.45, 2.75) is 19.8 Å². The summed E-state index contributed by atoms with van der Waals surface area (Å²) in [6, 6.07) is 0. The maximum atomic E-state index is 10.1. The molecule has 0 saturated heterocycles. The summed E-state index contributed by atoms with van der Waals surface area (Å²) in [5, 5.41) is 0.785. The van der Waals surface area contributed by atoms with Gasteiger partial charge in [-0.2, -0.15) is 8.42 Å². The maximum absolute atomic E-state index is 10.1. The molecule has 0 aromatic rings. The van der Waals surface area contributed by atoms with Gasteiger partial charge in [0.2, 0.25) is 0 Å². The molecule has 0 aliphatic rings. The SMILES string of the molecule is CCC=CCC=CS(=O)(=O)O. The average molecular weight is 176 g/mol. The first-order valence-corrected chi connectivity index (χ1v) is 4.85. The fourth-order valence-corrected chi connectivity index (χ4v) is 0.873. The Bertz CT molecular complexity index is 236. The summed E-state index contributed by atoms with van der Waals surface area (Å²) in [6.45, 7) is 1.99. The van der Waals surface area contributed by atoms with E-state index in [0.29, 0.717) is 6.42 Å². The monoisotopic (exact) mass is 176 g/mol. The second-order valence-electron chi connectivity index (χ2n) is 2.00. The zero-order valence-corrected chi connectivity index (χ0v) is 7.21. The lowest BCUT2D eigenvalue weighted by Gasteiger charge is -1.82. The Morgan fingerprint density at radius 3 is 2.36 bits per heavy atom. The standard InChI is InChI=1S/C7H12O3S/c1-2-3-4-5-6-7-11(8,9)10/h3-4,6-7H,2,5H2,1H3,(H,8,9,10). The highest BCUT2D eigenvalue weighted by Crippen LogP contribution is 1.91. The third-order valence-electron chi connectivity index (χ3n) is 0.943.